The highest BCUT2D eigenvalue weighted by molar-refractivity contribution is 8.00. The zero-order valence-electron chi connectivity index (χ0n) is 23.1. The van der Waals surface area contributed by atoms with E-state index in [-0.39, 0.29) is 22.6 Å². The number of ketones is 1. The predicted molar refractivity (Wildman–Crippen MR) is 163 cm³/mol. The van der Waals surface area contributed by atoms with Crippen molar-refractivity contribution in [3.05, 3.63) is 101 Å². The van der Waals surface area contributed by atoms with Gasteiger partial charge >= 0.3 is 5.91 Å². The molecule has 3 heterocycles. The largest absolute Gasteiger partial charge is 0.507 e. The van der Waals surface area contributed by atoms with E-state index in [0.29, 0.717) is 40.0 Å². The number of carbonyl (C=O) groups is 2. The van der Waals surface area contributed by atoms with Crippen molar-refractivity contribution in [1.82, 2.24) is 10.2 Å². The van der Waals surface area contributed by atoms with Crippen LogP contribution in [0.15, 0.2) is 82.7 Å². The van der Waals surface area contributed by atoms with Crippen LogP contribution in [-0.4, -0.2) is 39.7 Å². The Balaban J connectivity index is 1.40. The molecule has 42 heavy (non-hydrogen) atoms. The Morgan fingerprint density at radius 3 is 2.74 bits per heavy atom. The SMILES string of the molecule is CCCOc1cccc([C@H]2/C(=C(\O)c3ccc4c(c3)C[C@@H](C)O4)C(=O)C(=O)N2c2nnc(SCc3ccccc3)s2)c1. The average molecular weight is 600 g/mol. The summed E-state index contributed by atoms with van der Waals surface area (Å²) in [6, 6.07) is 21.7. The first-order chi connectivity index (χ1) is 20.4. The number of nitrogens with zero attached hydrogens (tertiary/aromatic N) is 3. The molecule has 214 valence electrons. The van der Waals surface area contributed by atoms with Gasteiger partial charge in [-0.3, -0.25) is 14.5 Å². The molecule has 3 aromatic carbocycles. The lowest BCUT2D eigenvalue weighted by atomic mass is 9.94. The number of thioether (sulfide) groups is 1. The Morgan fingerprint density at radius 1 is 1.10 bits per heavy atom. The number of benzene rings is 3. The third-order valence-electron chi connectivity index (χ3n) is 7.07. The minimum atomic E-state index is -0.918. The number of anilines is 1. The number of rotatable bonds is 9. The molecule has 10 heteroatoms. The molecule has 1 saturated heterocycles. The third-order valence-corrected chi connectivity index (χ3v) is 9.19. The van der Waals surface area contributed by atoms with E-state index in [2.05, 4.69) is 10.2 Å². The monoisotopic (exact) mass is 599 g/mol. The number of amides is 1. The van der Waals surface area contributed by atoms with Crippen LogP contribution >= 0.6 is 23.1 Å². The second-order valence-corrected chi connectivity index (χ2v) is 12.3. The first-order valence-corrected chi connectivity index (χ1v) is 15.6. The van der Waals surface area contributed by atoms with E-state index in [1.165, 1.54) is 28.0 Å². The summed E-state index contributed by atoms with van der Waals surface area (Å²) in [5.74, 6) is 0.263. The Kier molecular flexibility index (Phi) is 7.99. The lowest BCUT2D eigenvalue weighted by Crippen LogP contribution is -2.29. The van der Waals surface area contributed by atoms with Gasteiger partial charge in [0, 0.05) is 17.7 Å². The minimum Gasteiger partial charge on any atom is -0.507 e. The quantitative estimate of drug-likeness (QED) is 0.0758. The van der Waals surface area contributed by atoms with Crippen molar-refractivity contribution in [1.29, 1.82) is 0 Å². The van der Waals surface area contributed by atoms with Gasteiger partial charge in [0.25, 0.3) is 5.78 Å². The van der Waals surface area contributed by atoms with E-state index < -0.39 is 17.7 Å². The molecule has 0 radical (unpaired) electrons. The van der Waals surface area contributed by atoms with E-state index in [0.717, 1.165) is 23.3 Å². The van der Waals surface area contributed by atoms with E-state index in [4.69, 9.17) is 9.47 Å². The molecular weight excluding hydrogens is 571 g/mol. The third kappa shape index (κ3) is 5.52. The Morgan fingerprint density at radius 2 is 1.93 bits per heavy atom. The summed E-state index contributed by atoms with van der Waals surface area (Å²) in [4.78, 5) is 28.6. The number of fused-ring (bicyclic) bond motifs is 1. The standard InChI is InChI=1S/C32H29N3O5S2/c1-3-14-39-24-11-7-10-21(17-24)27-26(28(36)22-12-13-25-23(16-22)15-19(2)40-25)29(37)30(38)35(27)31-33-34-32(42-31)41-18-20-8-5-4-6-9-20/h4-13,16-17,19,27,36H,3,14-15,18H2,1-2H3/b28-26+/t19-,27+/m1/s1. The molecule has 1 N–H and O–H groups in total. The van der Waals surface area contributed by atoms with Crippen LogP contribution in [0.3, 0.4) is 0 Å². The Bertz CT molecular complexity index is 1670. The fourth-order valence-electron chi connectivity index (χ4n) is 5.14. The van der Waals surface area contributed by atoms with E-state index in [1.807, 2.05) is 68.4 Å². The molecule has 1 fully saturated rings. The molecule has 8 nitrogen and oxygen atoms in total. The van der Waals surface area contributed by atoms with Gasteiger partial charge in [-0.05, 0) is 60.4 Å². The Labute approximate surface area is 252 Å². The maximum atomic E-state index is 13.6. The first-order valence-electron chi connectivity index (χ1n) is 13.8. The summed E-state index contributed by atoms with van der Waals surface area (Å²) in [7, 11) is 0. The van der Waals surface area contributed by atoms with Gasteiger partial charge in [-0.1, -0.05) is 72.5 Å². The van der Waals surface area contributed by atoms with Crippen molar-refractivity contribution in [2.75, 3.05) is 11.5 Å². The summed E-state index contributed by atoms with van der Waals surface area (Å²) in [6.07, 6.45) is 1.55. The highest BCUT2D eigenvalue weighted by Crippen LogP contribution is 2.45. The normalized spacial score (nSPS) is 19.1. The van der Waals surface area contributed by atoms with Crippen molar-refractivity contribution < 1.29 is 24.2 Å². The second-order valence-electron chi connectivity index (χ2n) is 10.2. The van der Waals surface area contributed by atoms with Crippen LogP contribution in [0.4, 0.5) is 5.13 Å². The molecule has 0 saturated carbocycles. The first kappa shape index (κ1) is 28.0. The number of ether oxygens (including phenoxy) is 2. The zero-order chi connectivity index (χ0) is 29.2. The number of hydrogen-bond acceptors (Lipinski definition) is 9. The minimum absolute atomic E-state index is 0.00626. The lowest BCUT2D eigenvalue weighted by molar-refractivity contribution is -0.132. The molecule has 2 aliphatic heterocycles. The number of aromatic nitrogens is 2. The van der Waals surface area contributed by atoms with Gasteiger partial charge in [0.2, 0.25) is 5.13 Å². The van der Waals surface area contributed by atoms with Gasteiger partial charge in [0.05, 0.1) is 18.2 Å². The number of carbonyl (C=O) groups excluding carboxylic acids is 2. The highest BCUT2D eigenvalue weighted by atomic mass is 32.2. The average Bonchev–Trinajstić information content (AvgIpc) is 3.70. The molecule has 0 aliphatic carbocycles. The maximum absolute atomic E-state index is 13.6. The van der Waals surface area contributed by atoms with E-state index in [1.54, 1.807) is 18.2 Å². The summed E-state index contributed by atoms with van der Waals surface area (Å²) in [5, 5.41) is 20.5. The molecular formula is C32H29N3O5S2. The summed E-state index contributed by atoms with van der Waals surface area (Å²) < 4.78 is 12.3. The van der Waals surface area contributed by atoms with Crippen LogP contribution in [0.25, 0.3) is 5.76 Å². The molecule has 4 aromatic rings. The zero-order valence-corrected chi connectivity index (χ0v) is 24.8. The highest BCUT2D eigenvalue weighted by Gasteiger charge is 2.48. The van der Waals surface area contributed by atoms with Crippen LogP contribution in [0.2, 0.25) is 0 Å². The van der Waals surface area contributed by atoms with Crippen molar-refractivity contribution in [3.8, 4) is 11.5 Å². The number of aliphatic hydroxyl groups is 1. The van der Waals surface area contributed by atoms with Crippen molar-refractivity contribution >= 4 is 45.7 Å². The molecule has 0 unspecified atom stereocenters. The molecule has 1 amide bonds. The van der Waals surface area contributed by atoms with Crippen LogP contribution in [0, 0.1) is 0 Å². The number of aliphatic hydroxyl groups excluding tert-OH is 1. The van der Waals surface area contributed by atoms with Crippen molar-refractivity contribution in [3.63, 3.8) is 0 Å². The Hall–Kier alpha value is -4.15. The van der Waals surface area contributed by atoms with Crippen LogP contribution in [-0.2, 0) is 21.8 Å². The molecule has 0 spiro atoms. The molecule has 6 rings (SSSR count). The topological polar surface area (TPSA) is 102 Å². The molecule has 2 aliphatic rings. The fraction of sp³-hybridized carbons (Fsp3) is 0.250. The van der Waals surface area contributed by atoms with Crippen LogP contribution in [0.1, 0.15) is 48.6 Å². The van der Waals surface area contributed by atoms with Crippen LogP contribution < -0.4 is 14.4 Å². The smallest absolute Gasteiger partial charge is 0.301 e. The van der Waals surface area contributed by atoms with Gasteiger partial charge in [0.1, 0.15) is 23.4 Å². The van der Waals surface area contributed by atoms with Gasteiger partial charge in [-0.25, -0.2) is 0 Å². The fourth-order valence-corrected chi connectivity index (χ4v) is 6.97. The predicted octanol–water partition coefficient (Wildman–Crippen LogP) is 6.57. The molecule has 1 aromatic heterocycles. The van der Waals surface area contributed by atoms with Gasteiger partial charge in [-0.2, -0.15) is 0 Å². The van der Waals surface area contributed by atoms with E-state index in [9.17, 15) is 14.7 Å². The van der Waals surface area contributed by atoms with Crippen LogP contribution in [0.5, 0.6) is 11.5 Å². The molecule has 2 atom stereocenters. The van der Waals surface area contributed by atoms with Crippen molar-refractivity contribution in [2.24, 2.45) is 0 Å². The summed E-state index contributed by atoms with van der Waals surface area (Å²) in [6.45, 7) is 4.52. The van der Waals surface area contributed by atoms with E-state index >= 15 is 0 Å². The maximum Gasteiger partial charge on any atom is 0.301 e. The van der Waals surface area contributed by atoms with Gasteiger partial charge in [0.15, 0.2) is 4.34 Å². The van der Waals surface area contributed by atoms with Gasteiger partial charge in [-0.15, -0.1) is 10.2 Å². The summed E-state index contributed by atoms with van der Waals surface area (Å²) in [5.41, 5.74) is 3.14. The second kappa shape index (κ2) is 12.0. The summed E-state index contributed by atoms with van der Waals surface area (Å²) >= 11 is 2.75. The number of Topliss-reactive ketones (excluding diaryl/α,β-unsaturated/α-hetero) is 1. The lowest BCUT2D eigenvalue weighted by Gasteiger charge is -2.23. The van der Waals surface area contributed by atoms with Gasteiger partial charge < -0.3 is 14.6 Å². The molecule has 0 bridgehead atoms. The number of hydrogen-bond donors (Lipinski definition) is 1. The van der Waals surface area contributed by atoms with Crippen molar-refractivity contribution in [2.45, 2.75) is 48.9 Å².